The zero-order valence-electron chi connectivity index (χ0n) is 17.1. The first-order valence-corrected chi connectivity index (χ1v) is 11.3. The van der Waals surface area contributed by atoms with Crippen molar-refractivity contribution >= 4 is 35.2 Å². The number of carboxylic acids is 1. The number of amides is 1. The largest absolute Gasteiger partial charge is 0.480 e. The summed E-state index contributed by atoms with van der Waals surface area (Å²) in [5, 5.41) is 13.7. The molecule has 31 heavy (non-hydrogen) atoms. The van der Waals surface area contributed by atoms with Gasteiger partial charge in [0, 0.05) is 29.0 Å². The van der Waals surface area contributed by atoms with Gasteiger partial charge >= 0.3 is 5.97 Å². The van der Waals surface area contributed by atoms with Gasteiger partial charge in [0.1, 0.15) is 6.04 Å². The van der Waals surface area contributed by atoms with Crippen LogP contribution in [0, 0.1) is 0 Å². The van der Waals surface area contributed by atoms with Crippen molar-refractivity contribution in [3.8, 4) is 0 Å². The summed E-state index contributed by atoms with van der Waals surface area (Å²) in [5.41, 5.74) is 1.97. The summed E-state index contributed by atoms with van der Waals surface area (Å²) < 4.78 is 1.98. The second-order valence-corrected chi connectivity index (χ2v) is 8.49. The third-order valence-corrected chi connectivity index (χ3v) is 6.14. The lowest BCUT2D eigenvalue weighted by Crippen LogP contribution is -2.42. The maximum absolute atomic E-state index is 12.4. The molecule has 0 saturated carbocycles. The van der Waals surface area contributed by atoms with Crippen LogP contribution in [0.3, 0.4) is 0 Å². The Bertz CT molecular complexity index is 1040. The minimum absolute atomic E-state index is 0.0864. The Hall–Kier alpha value is -2.77. The monoisotopic (exact) mass is 457 g/mol. The maximum Gasteiger partial charge on any atom is 0.326 e. The topological polar surface area (TPSA) is 84.2 Å². The third kappa shape index (κ3) is 6.35. The molecule has 0 aliphatic rings. The Balaban J connectivity index is 1.79. The van der Waals surface area contributed by atoms with Crippen LogP contribution in [0.2, 0.25) is 5.02 Å². The van der Waals surface area contributed by atoms with Gasteiger partial charge in [0.15, 0.2) is 5.16 Å². The van der Waals surface area contributed by atoms with Gasteiger partial charge in [-0.15, -0.1) is 0 Å². The quantitative estimate of drug-likeness (QED) is 0.437. The van der Waals surface area contributed by atoms with E-state index in [1.54, 1.807) is 42.1 Å². The molecule has 3 aromatic rings. The van der Waals surface area contributed by atoms with Crippen LogP contribution < -0.4 is 5.32 Å². The van der Waals surface area contributed by atoms with Gasteiger partial charge < -0.3 is 15.0 Å². The number of imidazole rings is 1. The molecule has 0 aliphatic carbocycles. The van der Waals surface area contributed by atoms with Gasteiger partial charge in [-0.1, -0.05) is 66.7 Å². The second kappa shape index (κ2) is 11.0. The number of halogens is 1. The number of hydrogen-bond donors (Lipinski definition) is 2. The van der Waals surface area contributed by atoms with E-state index in [-0.39, 0.29) is 6.42 Å². The number of aliphatic carboxylic acids is 1. The van der Waals surface area contributed by atoms with Crippen LogP contribution in [-0.4, -0.2) is 38.3 Å². The first-order chi connectivity index (χ1) is 15.0. The summed E-state index contributed by atoms with van der Waals surface area (Å²) >= 11 is 7.93. The number of aromatic nitrogens is 2. The van der Waals surface area contributed by atoms with E-state index in [0.29, 0.717) is 22.8 Å². The van der Waals surface area contributed by atoms with Crippen molar-refractivity contribution in [3.63, 3.8) is 0 Å². The Morgan fingerprint density at radius 3 is 2.55 bits per heavy atom. The lowest BCUT2D eigenvalue weighted by Gasteiger charge is -2.13. The molecular formula is C23H24ClN3O3S. The fraction of sp³-hybridized carbons (Fsp3) is 0.261. The molecular weight excluding hydrogens is 434 g/mol. The van der Waals surface area contributed by atoms with Crippen molar-refractivity contribution in [2.24, 2.45) is 0 Å². The molecule has 2 aromatic carbocycles. The van der Waals surface area contributed by atoms with E-state index < -0.39 is 17.9 Å². The van der Waals surface area contributed by atoms with E-state index >= 15 is 0 Å². The molecule has 1 aromatic heterocycles. The van der Waals surface area contributed by atoms with Crippen LogP contribution in [0.15, 0.2) is 66.0 Å². The van der Waals surface area contributed by atoms with E-state index in [1.165, 1.54) is 0 Å². The molecule has 0 saturated heterocycles. The molecule has 6 nitrogen and oxygen atoms in total. The van der Waals surface area contributed by atoms with Crippen molar-refractivity contribution in [1.82, 2.24) is 14.9 Å². The summed E-state index contributed by atoms with van der Waals surface area (Å²) in [6, 6.07) is 15.1. The van der Waals surface area contributed by atoms with E-state index in [2.05, 4.69) is 17.2 Å². The van der Waals surface area contributed by atoms with Gasteiger partial charge in [-0.05, 0) is 30.2 Å². The van der Waals surface area contributed by atoms with E-state index in [0.717, 1.165) is 22.9 Å². The zero-order valence-corrected chi connectivity index (χ0v) is 18.7. The number of rotatable bonds is 10. The molecule has 3 rings (SSSR count). The predicted octanol–water partition coefficient (Wildman–Crippen LogP) is 4.51. The lowest BCUT2D eigenvalue weighted by molar-refractivity contribution is -0.139. The smallest absolute Gasteiger partial charge is 0.326 e. The highest BCUT2D eigenvalue weighted by atomic mass is 35.5. The first kappa shape index (κ1) is 22.9. The minimum Gasteiger partial charge on any atom is -0.480 e. The molecule has 0 fully saturated rings. The van der Waals surface area contributed by atoms with Gasteiger partial charge in [0.05, 0.1) is 12.2 Å². The van der Waals surface area contributed by atoms with Crippen LogP contribution in [0.5, 0.6) is 0 Å². The van der Waals surface area contributed by atoms with Crippen LogP contribution in [0.25, 0.3) is 0 Å². The van der Waals surface area contributed by atoms with Crippen LogP contribution >= 0.6 is 23.4 Å². The molecule has 1 atom stereocenters. The summed E-state index contributed by atoms with van der Waals surface area (Å²) in [4.78, 5) is 28.9. The van der Waals surface area contributed by atoms with Crippen LogP contribution in [-0.2, 0) is 17.8 Å². The highest BCUT2D eigenvalue weighted by Crippen LogP contribution is 2.23. The van der Waals surface area contributed by atoms with Gasteiger partial charge in [0.2, 0.25) is 0 Å². The highest BCUT2D eigenvalue weighted by molar-refractivity contribution is 7.99. The summed E-state index contributed by atoms with van der Waals surface area (Å²) in [6.45, 7) is 2.63. The zero-order chi connectivity index (χ0) is 22.2. The first-order valence-electron chi connectivity index (χ1n) is 9.99. The second-order valence-electron chi connectivity index (χ2n) is 7.02. The van der Waals surface area contributed by atoms with Crippen molar-refractivity contribution in [1.29, 1.82) is 0 Å². The average molecular weight is 458 g/mol. The van der Waals surface area contributed by atoms with Gasteiger partial charge in [-0.2, -0.15) is 0 Å². The molecule has 0 bridgehead atoms. The van der Waals surface area contributed by atoms with Crippen LogP contribution in [0.4, 0.5) is 0 Å². The Morgan fingerprint density at radius 2 is 1.87 bits per heavy atom. The number of carbonyl (C=O) groups is 2. The van der Waals surface area contributed by atoms with Gasteiger partial charge in [-0.3, -0.25) is 4.79 Å². The lowest BCUT2D eigenvalue weighted by atomic mass is 10.1. The van der Waals surface area contributed by atoms with Gasteiger partial charge in [0.25, 0.3) is 5.91 Å². The molecule has 1 unspecified atom stereocenters. The minimum atomic E-state index is -1.10. The molecule has 0 aliphatic heterocycles. The van der Waals surface area contributed by atoms with Gasteiger partial charge in [-0.25, -0.2) is 9.78 Å². The average Bonchev–Trinajstić information content (AvgIpc) is 3.15. The number of carboxylic acid groups (broad SMARTS) is 1. The molecule has 8 heteroatoms. The maximum atomic E-state index is 12.4. The fourth-order valence-corrected chi connectivity index (χ4v) is 4.07. The summed E-state index contributed by atoms with van der Waals surface area (Å²) in [7, 11) is 0. The Kier molecular flexibility index (Phi) is 8.14. The summed E-state index contributed by atoms with van der Waals surface area (Å²) in [5.74, 6) is -0.636. The molecule has 162 valence electrons. The number of benzene rings is 2. The molecule has 1 amide bonds. The van der Waals surface area contributed by atoms with Crippen molar-refractivity contribution in [2.45, 2.75) is 37.5 Å². The number of hydrogen-bond acceptors (Lipinski definition) is 4. The highest BCUT2D eigenvalue weighted by Gasteiger charge is 2.23. The number of carbonyl (C=O) groups excluding carboxylic acids is 1. The summed E-state index contributed by atoms with van der Waals surface area (Å²) in [6.07, 6.45) is 2.92. The van der Waals surface area contributed by atoms with Crippen molar-refractivity contribution in [2.75, 3.05) is 5.75 Å². The number of nitrogens with zero attached hydrogens (tertiary/aromatic N) is 2. The molecule has 0 spiro atoms. The number of thioether (sulfide) groups is 1. The van der Waals surface area contributed by atoms with Crippen LogP contribution in [0.1, 0.15) is 35.0 Å². The predicted molar refractivity (Wildman–Crippen MR) is 123 cm³/mol. The van der Waals surface area contributed by atoms with Crippen molar-refractivity contribution < 1.29 is 14.7 Å². The van der Waals surface area contributed by atoms with E-state index in [9.17, 15) is 14.7 Å². The SMILES string of the molecule is CCCSc1nc(CC(NC(=O)c2ccccc2)C(=O)O)cn1Cc1ccccc1Cl. The molecule has 1 heterocycles. The molecule has 2 N–H and O–H groups in total. The van der Waals surface area contributed by atoms with E-state index in [4.69, 9.17) is 11.6 Å². The number of nitrogens with one attached hydrogen (secondary N) is 1. The third-order valence-electron chi connectivity index (χ3n) is 4.58. The normalized spacial score (nSPS) is 11.8. The fourth-order valence-electron chi connectivity index (χ4n) is 3.02. The Labute approximate surface area is 190 Å². The van der Waals surface area contributed by atoms with Crippen molar-refractivity contribution in [3.05, 3.63) is 82.6 Å². The standard InChI is InChI=1S/C23H24ClN3O3S/c1-2-12-31-23-25-18(15-27(23)14-17-10-6-7-11-19(17)24)13-20(22(29)30)26-21(28)16-8-4-3-5-9-16/h3-11,15,20H,2,12-14H2,1H3,(H,26,28)(H,29,30). The molecule has 0 radical (unpaired) electrons. The van der Waals surface area contributed by atoms with E-state index in [1.807, 2.05) is 35.0 Å². The Morgan fingerprint density at radius 1 is 1.16 bits per heavy atom.